The summed E-state index contributed by atoms with van der Waals surface area (Å²) >= 11 is 0. The summed E-state index contributed by atoms with van der Waals surface area (Å²) < 4.78 is 0. The van der Waals surface area contributed by atoms with Gasteiger partial charge in [-0.05, 0) is 24.3 Å². The molecule has 0 aromatic carbocycles. The first-order chi connectivity index (χ1) is 9.70. The fraction of sp³-hybridized carbons (Fsp3) is 0. The molecule has 2 aromatic rings. The van der Waals surface area contributed by atoms with E-state index < -0.39 is 5.91 Å². The molecule has 0 aliphatic heterocycles. The number of nitrogens with two attached hydrogens (primary N) is 1. The summed E-state index contributed by atoms with van der Waals surface area (Å²) in [6.07, 6.45) is 6.10. The summed E-state index contributed by atoms with van der Waals surface area (Å²) in [5.41, 5.74) is 7.16. The van der Waals surface area contributed by atoms with Crippen LogP contribution in [0.25, 0.3) is 5.57 Å². The minimum absolute atomic E-state index is 0.164. The lowest BCUT2D eigenvalue weighted by Crippen LogP contribution is -2.13. The minimum atomic E-state index is -0.601. The Kier molecular flexibility index (Phi) is 4.18. The van der Waals surface area contributed by atoms with Crippen molar-refractivity contribution in [1.82, 2.24) is 9.97 Å². The van der Waals surface area contributed by atoms with E-state index in [2.05, 4.69) is 15.3 Å². The van der Waals surface area contributed by atoms with Crippen LogP contribution in [-0.2, 0) is 0 Å². The van der Waals surface area contributed by atoms with Crippen LogP contribution in [0.15, 0.2) is 48.9 Å². The largest absolute Gasteiger partial charge is 0.364 e. The number of carbonyl (C=O) groups is 1. The molecule has 1 amide bonds. The van der Waals surface area contributed by atoms with Gasteiger partial charge in [0, 0.05) is 24.2 Å². The number of aromatic nitrogens is 2. The fourth-order valence-electron chi connectivity index (χ4n) is 1.53. The van der Waals surface area contributed by atoms with E-state index >= 15 is 0 Å². The lowest BCUT2D eigenvalue weighted by Gasteiger charge is -2.04. The molecule has 0 saturated carbocycles. The molecule has 0 radical (unpaired) electrons. The van der Waals surface area contributed by atoms with Crippen molar-refractivity contribution >= 4 is 23.4 Å². The predicted molar refractivity (Wildman–Crippen MR) is 77.4 cm³/mol. The molecule has 4 N–H and O–H groups in total. The van der Waals surface area contributed by atoms with Gasteiger partial charge in [-0.2, -0.15) is 0 Å². The molecule has 0 atom stereocenters. The second-order valence-electron chi connectivity index (χ2n) is 3.90. The minimum Gasteiger partial charge on any atom is -0.364 e. The highest BCUT2D eigenvalue weighted by molar-refractivity contribution is 6.08. The molecule has 100 valence electrons. The summed E-state index contributed by atoms with van der Waals surface area (Å²) in [4.78, 5) is 19.2. The van der Waals surface area contributed by atoms with Crippen molar-refractivity contribution in [3.8, 4) is 0 Å². The second kappa shape index (κ2) is 6.24. The topological polar surface area (TPSA) is 105 Å². The van der Waals surface area contributed by atoms with E-state index in [4.69, 9.17) is 11.1 Å². The lowest BCUT2D eigenvalue weighted by molar-refractivity contribution is 0.0995. The Balaban J connectivity index is 2.26. The van der Waals surface area contributed by atoms with Gasteiger partial charge in [0.25, 0.3) is 5.91 Å². The Morgan fingerprint density at radius 1 is 1.25 bits per heavy atom. The number of anilines is 1. The zero-order valence-electron chi connectivity index (χ0n) is 10.6. The maximum Gasteiger partial charge on any atom is 0.267 e. The zero-order chi connectivity index (χ0) is 14.4. The van der Waals surface area contributed by atoms with Crippen LogP contribution in [0.1, 0.15) is 16.2 Å². The quantitative estimate of drug-likeness (QED) is 0.717. The molecule has 0 aliphatic rings. The Morgan fingerprint density at radius 2 is 2.05 bits per heavy atom. The van der Waals surface area contributed by atoms with Gasteiger partial charge < -0.3 is 16.5 Å². The predicted octanol–water partition coefficient (Wildman–Crippen LogP) is 1.68. The molecule has 0 fully saturated rings. The molecular weight excluding hydrogens is 254 g/mol. The molecule has 20 heavy (non-hydrogen) atoms. The Hall–Kier alpha value is -3.02. The second-order valence-corrected chi connectivity index (χ2v) is 3.90. The highest BCUT2D eigenvalue weighted by Crippen LogP contribution is 2.11. The Morgan fingerprint density at radius 3 is 2.70 bits per heavy atom. The lowest BCUT2D eigenvalue weighted by atomic mass is 10.2. The maximum atomic E-state index is 11.1. The molecular formula is C14H13N5O. The molecule has 6 heteroatoms. The van der Waals surface area contributed by atoms with Gasteiger partial charge in [0.15, 0.2) is 0 Å². The highest BCUT2D eigenvalue weighted by atomic mass is 16.1. The number of amides is 1. The van der Waals surface area contributed by atoms with Crippen LogP contribution in [0.3, 0.4) is 0 Å². The van der Waals surface area contributed by atoms with Crippen LogP contribution >= 0.6 is 0 Å². The number of nitrogens with zero attached hydrogens (tertiary/aromatic N) is 2. The van der Waals surface area contributed by atoms with Crippen LogP contribution in [0, 0.1) is 5.41 Å². The van der Waals surface area contributed by atoms with Gasteiger partial charge in [0.2, 0.25) is 0 Å². The smallest absolute Gasteiger partial charge is 0.267 e. The number of hydrogen-bond acceptors (Lipinski definition) is 5. The number of rotatable bonds is 5. The van der Waals surface area contributed by atoms with E-state index in [1.165, 1.54) is 6.07 Å². The van der Waals surface area contributed by atoms with Crippen molar-refractivity contribution in [2.24, 2.45) is 5.73 Å². The average Bonchev–Trinajstić information content (AvgIpc) is 2.49. The van der Waals surface area contributed by atoms with Crippen LogP contribution in [0.4, 0.5) is 5.69 Å². The van der Waals surface area contributed by atoms with Gasteiger partial charge >= 0.3 is 0 Å². The third-order valence-corrected chi connectivity index (χ3v) is 2.51. The van der Waals surface area contributed by atoms with Crippen LogP contribution in [0.2, 0.25) is 0 Å². The first-order valence-electron chi connectivity index (χ1n) is 5.85. The summed E-state index contributed by atoms with van der Waals surface area (Å²) in [7, 11) is 0. The number of nitrogens with one attached hydrogen (secondary N) is 2. The third kappa shape index (κ3) is 3.26. The van der Waals surface area contributed by atoms with Crippen molar-refractivity contribution in [2.45, 2.75) is 0 Å². The van der Waals surface area contributed by atoms with Gasteiger partial charge in [0.1, 0.15) is 5.69 Å². The normalized spacial score (nSPS) is 10.9. The first-order valence-corrected chi connectivity index (χ1v) is 5.85. The van der Waals surface area contributed by atoms with Crippen molar-refractivity contribution < 1.29 is 4.79 Å². The number of hydrogen-bond donors (Lipinski definition) is 3. The SMILES string of the molecule is N=C/C(=C\Nc1cccnc1)c1cccc(C(N)=O)n1. The first kappa shape index (κ1) is 13.4. The van der Waals surface area contributed by atoms with Crippen LogP contribution < -0.4 is 11.1 Å². The molecule has 0 aliphatic carbocycles. The van der Waals surface area contributed by atoms with E-state index in [-0.39, 0.29) is 5.69 Å². The van der Waals surface area contributed by atoms with Gasteiger partial charge in [-0.25, -0.2) is 4.98 Å². The van der Waals surface area contributed by atoms with E-state index in [0.717, 1.165) is 11.9 Å². The number of primary amides is 1. The third-order valence-electron chi connectivity index (χ3n) is 2.51. The summed E-state index contributed by atoms with van der Waals surface area (Å²) in [6.45, 7) is 0. The summed E-state index contributed by atoms with van der Waals surface area (Å²) in [5, 5.41) is 10.4. The van der Waals surface area contributed by atoms with Gasteiger partial charge in [-0.15, -0.1) is 0 Å². The Labute approximate surface area is 115 Å². The summed E-state index contributed by atoms with van der Waals surface area (Å²) in [5.74, 6) is -0.601. The molecule has 6 nitrogen and oxygen atoms in total. The van der Waals surface area contributed by atoms with Gasteiger partial charge in [-0.1, -0.05) is 6.07 Å². The average molecular weight is 267 g/mol. The molecule has 2 aromatic heterocycles. The van der Waals surface area contributed by atoms with E-state index in [9.17, 15) is 4.79 Å². The fourth-order valence-corrected chi connectivity index (χ4v) is 1.53. The van der Waals surface area contributed by atoms with E-state index in [1.807, 2.05) is 6.07 Å². The van der Waals surface area contributed by atoms with E-state index in [1.54, 1.807) is 36.8 Å². The van der Waals surface area contributed by atoms with Crippen molar-refractivity contribution in [3.63, 3.8) is 0 Å². The molecule has 0 spiro atoms. The standard InChI is InChI=1S/C14H13N5O/c15-7-10(8-18-11-3-2-6-17-9-11)12-4-1-5-13(19-12)14(16)20/h1-9,15,18H,(H2,16,20)/b10-8+,15-7?. The number of pyridine rings is 2. The van der Waals surface area contributed by atoms with Crippen molar-refractivity contribution in [1.29, 1.82) is 5.41 Å². The Bertz CT molecular complexity index is 652. The van der Waals surface area contributed by atoms with Crippen molar-refractivity contribution in [3.05, 3.63) is 60.3 Å². The molecule has 2 heterocycles. The maximum absolute atomic E-state index is 11.1. The number of allylic oxidation sites excluding steroid dienone is 1. The number of carbonyl (C=O) groups excluding carboxylic acids is 1. The van der Waals surface area contributed by atoms with Gasteiger partial charge in [0.05, 0.1) is 17.6 Å². The van der Waals surface area contributed by atoms with Crippen LogP contribution in [0.5, 0.6) is 0 Å². The highest BCUT2D eigenvalue weighted by Gasteiger charge is 2.05. The van der Waals surface area contributed by atoms with Gasteiger partial charge in [-0.3, -0.25) is 9.78 Å². The zero-order valence-corrected chi connectivity index (χ0v) is 10.6. The van der Waals surface area contributed by atoms with Crippen molar-refractivity contribution in [2.75, 3.05) is 5.32 Å². The molecule has 0 unspecified atom stereocenters. The summed E-state index contributed by atoms with van der Waals surface area (Å²) in [6, 6.07) is 8.55. The molecule has 2 rings (SSSR count). The van der Waals surface area contributed by atoms with E-state index in [0.29, 0.717) is 11.3 Å². The monoisotopic (exact) mass is 267 g/mol. The van der Waals surface area contributed by atoms with Crippen LogP contribution in [-0.4, -0.2) is 22.1 Å². The molecule has 0 saturated heterocycles. The molecule has 0 bridgehead atoms.